The number of nitrogens with one attached hydrogen (secondary N) is 1. The van der Waals surface area contributed by atoms with Crippen molar-refractivity contribution < 1.29 is 23.4 Å². The lowest BCUT2D eigenvalue weighted by molar-refractivity contribution is 0.0912. The highest BCUT2D eigenvalue weighted by molar-refractivity contribution is 5.95. The summed E-state index contributed by atoms with van der Waals surface area (Å²) in [7, 11) is 0. The van der Waals surface area contributed by atoms with Crippen molar-refractivity contribution in [2.45, 2.75) is 19.9 Å². The fourth-order valence-corrected chi connectivity index (χ4v) is 1.35. The van der Waals surface area contributed by atoms with E-state index in [2.05, 4.69) is 5.32 Å². The van der Waals surface area contributed by atoms with E-state index in [4.69, 9.17) is 9.84 Å². The van der Waals surface area contributed by atoms with Gasteiger partial charge in [0.05, 0.1) is 13.2 Å². The van der Waals surface area contributed by atoms with E-state index in [1.165, 1.54) is 6.92 Å². The van der Waals surface area contributed by atoms with E-state index < -0.39 is 29.1 Å². The number of aliphatic hydroxyl groups is 1. The molecule has 1 atom stereocenters. The minimum absolute atomic E-state index is 0.180. The normalized spacial score (nSPS) is 12.1. The van der Waals surface area contributed by atoms with Crippen LogP contribution in [0.25, 0.3) is 0 Å². The number of rotatable bonds is 5. The third-order valence-electron chi connectivity index (χ3n) is 2.23. The van der Waals surface area contributed by atoms with Gasteiger partial charge in [-0.2, -0.15) is 0 Å². The second-order valence-electron chi connectivity index (χ2n) is 3.72. The maximum absolute atomic E-state index is 13.8. The van der Waals surface area contributed by atoms with Gasteiger partial charge in [0.1, 0.15) is 11.4 Å². The molecule has 0 aliphatic heterocycles. The van der Waals surface area contributed by atoms with Gasteiger partial charge in [-0.15, -0.1) is 0 Å². The van der Waals surface area contributed by atoms with Crippen LogP contribution >= 0.6 is 0 Å². The lowest BCUT2D eigenvalue weighted by Gasteiger charge is -2.13. The quantitative estimate of drug-likeness (QED) is 0.842. The third-order valence-corrected chi connectivity index (χ3v) is 2.23. The van der Waals surface area contributed by atoms with Crippen molar-refractivity contribution in [1.82, 2.24) is 5.32 Å². The highest BCUT2D eigenvalue weighted by Crippen LogP contribution is 2.23. The Kier molecular flexibility index (Phi) is 5.03. The largest absolute Gasteiger partial charge is 0.491 e. The fourth-order valence-electron chi connectivity index (χ4n) is 1.35. The molecule has 1 amide bonds. The molecule has 0 spiro atoms. The predicted molar refractivity (Wildman–Crippen MR) is 61.5 cm³/mol. The molecule has 0 saturated carbocycles. The van der Waals surface area contributed by atoms with Crippen molar-refractivity contribution in [3.63, 3.8) is 0 Å². The SMILES string of the molecule is CCOc1ccc(F)c(C(=O)NC(C)CO)c1F. The van der Waals surface area contributed by atoms with Crippen LogP contribution in [0.4, 0.5) is 8.78 Å². The van der Waals surface area contributed by atoms with Gasteiger partial charge >= 0.3 is 0 Å². The zero-order valence-corrected chi connectivity index (χ0v) is 10.2. The van der Waals surface area contributed by atoms with Crippen molar-refractivity contribution in [3.8, 4) is 5.75 Å². The number of carbonyl (C=O) groups excluding carboxylic acids is 1. The summed E-state index contributed by atoms with van der Waals surface area (Å²) in [4.78, 5) is 11.7. The predicted octanol–water partition coefficient (Wildman–Crippen LogP) is 1.47. The molecule has 0 radical (unpaired) electrons. The van der Waals surface area contributed by atoms with Crippen molar-refractivity contribution >= 4 is 5.91 Å². The number of hydrogen-bond donors (Lipinski definition) is 2. The minimum Gasteiger partial charge on any atom is -0.491 e. The first-order chi connectivity index (χ1) is 8.51. The lowest BCUT2D eigenvalue weighted by Crippen LogP contribution is -2.36. The Morgan fingerprint density at radius 1 is 1.50 bits per heavy atom. The monoisotopic (exact) mass is 259 g/mol. The fraction of sp³-hybridized carbons (Fsp3) is 0.417. The van der Waals surface area contributed by atoms with E-state index in [0.717, 1.165) is 12.1 Å². The summed E-state index contributed by atoms with van der Waals surface area (Å²) in [6.07, 6.45) is 0. The number of aliphatic hydroxyl groups excluding tert-OH is 1. The third kappa shape index (κ3) is 3.16. The Bertz CT molecular complexity index is 438. The van der Waals surface area contributed by atoms with Crippen LogP contribution in [-0.4, -0.2) is 30.3 Å². The molecule has 1 aromatic rings. The molecule has 1 rings (SSSR count). The van der Waals surface area contributed by atoms with Crippen LogP contribution in [0.1, 0.15) is 24.2 Å². The Labute approximate surface area is 104 Å². The number of ether oxygens (including phenoxy) is 1. The van der Waals surface area contributed by atoms with Gasteiger partial charge in [-0.3, -0.25) is 4.79 Å². The van der Waals surface area contributed by atoms with Gasteiger partial charge in [0.15, 0.2) is 11.6 Å². The summed E-state index contributed by atoms with van der Waals surface area (Å²) in [5.74, 6) is -3.12. The summed E-state index contributed by atoms with van der Waals surface area (Å²) in [6.45, 7) is 3.05. The van der Waals surface area contributed by atoms with Crippen LogP contribution in [0.3, 0.4) is 0 Å². The van der Waals surface area contributed by atoms with Crippen molar-refractivity contribution in [1.29, 1.82) is 0 Å². The van der Waals surface area contributed by atoms with Crippen molar-refractivity contribution in [2.24, 2.45) is 0 Å². The Morgan fingerprint density at radius 2 is 2.17 bits per heavy atom. The van der Waals surface area contributed by atoms with Gasteiger partial charge in [0.2, 0.25) is 0 Å². The summed E-state index contributed by atoms with van der Waals surface area (Å²) >= 11 is 0. The van der Waals surface area contributed by atoms with Crippen LogP contribution in [0, 0.1) is 11.6 Å². The van der Waals surface area contributed by atoms with E-state index in [-0.39, 0.29) is 19.0 Å². The molecule has 4 nitrogen and oxygen atoms in total. The smallest absolute Gasteiger partial charge is 0.257 e. The van der Waals surface area contributed by atoms with E-state index in [0.29, 0.717) is 0 Å². The zero-order valence-electron chi connectivity index (χ0n) is 10.2. The van der Waals surface area contributed by atoms with Crippen LogP contribution in [0.15, 0.2) is 12.1 Å². The molecule has 0 aliphatic rings. The summed E-state index contributed by atoms with van der Waals surface area (Å²) in [6, 6.07) is 1.50. The molecular weight excluding hydrogens is 244 g/mol. The summed E-state index contributed by atoms with van der Waals surface area (Å²) in [5, 5.41) is 11.1. The molecule has 0 saturated heterocycles. The first-order valence-corrected chi connectivity index (χ1v) is 5.53. The second-order valence-corrected chi connectivity index (χ2v) is 3.72. The van der Waals surface area contributed by atoms with Crippen LogP contribution < -0.4 is 10.1 Å². The number of hydrogen-bond acceptors (Lipinski definition) is 3. The Hall–Kier alpha value is -1.69. The molecule has 6 heteroatoms. The first kappa shape index (κ1) is 14.4. The molecule has 0 aliphatic carbocycles. The van der Waals surface area contributed by atoms with Gasteiger partial charge < -0.3 is 15.2 Å². The molecule has 2 N–H and O–H groups in total. The highest BCUT2D eigenvalue weighted by Gasteiger charge is 2.22. The zero-order chi connectivity index (χ0) is 13.7. The van der Waals surface area contributed by atoms with Gasteiger partial charge in [0.25, 0.3) is 5.91 Å². The van der Waals surface area contributed by atoms with E-state index in [9.17, 15) is 13.6 Å². The van der Waals surface area contributed by atoms with Crippen molar-refractivity contribution in [2.75, 3.05) is 13.2 Å². The summed E-state index contributed by atoms with van der Waals surface area (Å²) < 4.78 is 32.2. The standard InChI is InChI=1S/C12H15F2NO3/c1-3-18-9-5-4-8(13)10(11(9)14)12(17)15-7(2)6-16/h4-5,7,16H,3,6H2,1-2H3,(H,15,17). The van der Waals surface area contributed by atoms with Crippen molar-refractivity contribution in [3.05, 3.63) is 29.3 Å². The van der Waals surface area contributed by atoms with E-state index >= 15 is 0 Å². The molecular formula is C12H15F2NO3. The highest BCUT2D eigenvalue weighted by atomic mass is 19.1. The van der Waals surface area contributed by atoms with Gasteiger partial charge in [-0.05, 0) is 26.0 Å². The average Bonchev–Trinajstić information content (AvgIpc) is 2.33. The molecule has 0 fully saturated rings. The molecule has 100 valence electrons. The maximum atomic E-state index is 13.8. The number of amides is 1. The minimum atomic E-state index is -1.04. The Morgan fingerprint density at radius 3 is 2.72 bits per heavy atom. The average molecular weight is 259 g/mol. The molecule has 18 heavy (non-hydrogen) atoms. The Balaban J connectivity index is 3.06. The molecule has 0 aromatic heterocycles. The van der Waals surface area contributed by atoms with Crippen LogP contribution in [0.2, 0.25) is 0 Å². The first-order valence-electron chi connectivity index (χ1n) is 5.53. The summed E-state index contributed by atoms with van der Waals surface area (Å²) in [5.41, 5.74) is -0.707. The van der Waals surface area contributed by atoms with E-state index in [1.807, 2.05) is 0 Å². The van der Waals surface area contributed by atoms with E-state index in [1.54, 1.807) is 6.92 Å². The van der Waals surface area contributed by atoms with Gasteiger partial charge in [-0.1, -0.05) is 0 Å². The lowest BCUT2D eigenvalue weighted by atomic mass is 10.1. The number of benzene rings is 1. The van der Waals surface area contributed by atoms with Crippen LogP contribution in [0.5, 0.6) is 5.75 Å². The molecule has 0 heterocycles. The van der Waals surface area contributed by atoms with Gasteiger partial charge in [0, 0.05) is 6.04 Å². The molecule has 1 aromatic carbocycles. The van der Waals surface area contributed by atoms with Crippen LogP contribution in [-0.2, 0) is 0 Å². The number of halogens is 2. The topological polar surface area (TPSA) is 58.6 Å². The molecule has 0 bridgehead atoms. The molecule has 1 unspecified atom stereocenters. The maximum Gasteiger partial charge on any atom is 0.257 e. The number of carbonyl (C=O) groups is 1. The van der Waals surface area contributed by atoms with Gasteiger partial charge in [-0.25, -0.2) is 8.78 Å². The second kappa shape index (κ2) is 6.30.